The van der Waals surface area contributed by atoms with Gasteiger partial charge in [0.15, 0.2) is 0 Å². The first-order valence-electron chi connectivity index (χ1n) is 6.78. The van der Waals surface area contributed by atoms with E-state index in [1.165, 1.54) is 12.1 Å². The summed E-state index contributed by atoms with van der Waals surface area (Å²) in [6, 6.07) is 4.79. The maximum Gasteiger partial charge on any atom is 0.127 e. The number of aromatic nitrogens is 2. The summed E-state index contributed by atoms with van der Waals surface area (Å²) < 4.78 is 20.9. The van der Waals surface area contributed by atoms with Crippen molar-refractivity contribution in [2.75, 3.05) is 6.54 Å². The predicted molar refractivity (Wildman–Crippen MR) is 75.9 cm³/mol. The van der Waals surface area contributed by atoms with Crippen molar-refractivity contribution in [3.63, 3.8) is 0 Å². The normalized spacial score (nSPS) is 10.8. The van der Waals surface area contributed by atoms with Gasteiger partial charge in [0.05, 0.1) is 6.20 Å². The molecule has 1 N–H and O–H groups in total. The molecule has 0 aliphatic rings. The van der Waals surface area contributed by atoms with Gasteiger partial charge < -0.3 is 10.1 Å². The Balaban J connectivity index is 1.96. The van der Waals surface area contributed by atoms with Crippen LogP contribution in [0, 0.1) is 5.82 Å². The van der Waals surface area contributed by atoms with Crippen LogP contribution in [0.1, 0.15) is 24.5 Å². The summed E-state index contributed by atoms with van der Waals surface area (Å²) in [5.41, 5.74) is 1.85. The average molecular weight is 277 g/mol. The Hall–Kier alpha value is -1.88. The van der Waals surface area contributed by atoms with Gasteiger partial charge in [0, 0.05) is 31.4 Å². The van der Waals surface area contributed by atoms with E-state index in [1.54, 1.807) is 10.9 Å². The van der Waals surface area contributed by atoms with Gasteiger partial charge in [-0.25, -0.2) is 4.39 Å². The number of ether oxygens (including phenoxy) is 1. The molecule has 2 rings (SSSR count). The highest BCUT2D eigenvalue weighted by atomic mass is 19.1. The van der Waals surface area contributed by atoms with Crippen molar-refractivity contribution in [1.29, 1.82) is 0 Å². The van der Waals surface area contributed by atoms with E-state index in [1.807, 2.05) is 19.3 Å². The van der Waals surface area contributed by atoms with Crippen LogP contribution in [0.2, 0.25) is 0 Å². The number of aryl methyl sites for hydroxylation is 1. The molecule has 2 aromatic rings. The Morgan fingerprint density at radius 1 is 1.30 bits per heavy atom. The van der Waals surface area contributed by atoms with Gasteiger partial charge in [0.25, 0.3) is 0 Å². The zero-order valence-electron chi connectivity index (χ0n) is 11.9. The summed E-state index contributed by atoms with van der Waals surface area (Å²) in [5.74, 6) is 0.268. The first-order chi connectivity index (χ1) is 9.67. The van der Waals surface area contributed by atoms with Crippen LogP contribution in [0.3, 0.4) is 0 Å². The zero-order chi connectivity index (χ0) is 14.4. The van der Waals surface area contributed by atoms with Crippen molar-refractivity contribution in [2.24, 2.45) is 7.05 Å². The van der Waals surface area contributed by atoms with E-state index in [0.717, 1.165) is 24.1 Å². The van der Waals surface area contributed by atoms with Crippen LogP contribution in [0.15, 0.2) is 30.6 Å². The fraction of sp³-hybridized carbons (Fsp3) is 0.400. The summed E-state index contributed by atoms with van der Waals surface area (Å²) >= 11 is 0. The SMILES string of the molecule is CCCNCc1cc(F)cc(OCc2cnn(C)c2)c1. The van der Waals surface area contributed by atoms with Crippen molar-refractivity contribution in [2.45, 2.75) is 26.5 Å². The van der Waals surface area contributed by atoms with Crippen LogP contribution in [0.4, 0.5) is 4.39 Å². The third-order valence-electron chi connectivity index (χ3n) is 2.85. The molecular weight excluding hydrogens is 257 g/mol. The molecule has 0 atom stereocenters. The summed E-state index contributed by atoms with van der Waals surface area (Å²) in [4.78, 5) is 0. The molecule has 1 aromatic heterocycles. The second kappa shape index (κ2) is 7.05. The molecule has 5 heteroatoms. The number of hydrogen-bond donors (Lipinski definition) is 1. The van der Waals surface area contributed by atoms with Crippen LogP contribution in [0.5, 0.6) is 5.75 Å². The van der Waals surface area contributed by atoms with E-state index in [4.69, 9.17) is 4.74 Å². The van der Waals surface area contributed by atoms with Gasteiger partial charge in [0.1, 0.15) is 18.2 Å². The zero-order valence-corrected chi connectivity index (χ0v) is 11.9. The quantitative estimate of drug-likeness (QED) is 0.791. The Labute approximate surface area is 118 Å². The van der Waals surface area contributed by atoms with Crippen molar-refractivity contribution < 1.29 is 9.13 Å². The number of halogens is 1. The number of benzene rings is 1. The lowest BCUT2D eigenvalue weighted by atomic mass is 10.2. The Bertz CT molecular complexity index is 554. The standard InChI is InChI=1S/C15H20FN3O/c1-3-4-17-8-12-5-14(16)7-15(6-12)20-11-13-9-18-19(2)10-13/h5-7,9-10,17H,3-4,8,11H2,1-2H3. The molecule has 1 aromatic carbocycles. The van der Waals surface area contributed by atoms with Gasteiger partial charge in [-0.05, 0) is 30.7 Å². The van der Waals surface area contributed by atoms with E-state index in [-0.39, 0.29) is 5.82 Å². The van der Waals surface area contributed by atoms with E-state index in [0.29, 0.717) is 18.9 Å². The summed E-state index contributed by atoms with van der Waals surface area (Å²) in [6.45, 7) is 4.05. The van der Waals surface area contributed by atoms with Gasteiger partial charge in [-0.15, -0.1) is 0 Å². The third kappa shape index (κ3) is 4.35. The maximum atomic E-state index is 13.5. The minimum atomic E-state index is -0.276. The lowest BCUT2D eigenvalue weighted by Gasteiger charge is -2.08. The Morgan fingerprint density at radius 2 is 2.15 bits per heavy atom. The molecule has 0 aliphatic carbocycles. The predicted octanol–water partition coefficient (Wildman–Crippen LogP) is 2.64. The molecular formula is C15H20FN3O. The molecule has 0 saturated heterocycles. The number of nitrogens with one attached hydrogen (secondary N) is 1. The monoisotopic (exact) mass is 277 g/mol. The first kappa shape index (κ1) is 14.5. The molecule has 1 heterocycles. The van der Waals surface area contributed by atoms with Gasteiger partial charge >= 0.3 is 0 Å². The molecule has 0 saturated carbocycles. The molecule has 4 nitrogen and oxygen atoms in total. The molecule has 0 bridgehead atoms. The molecule has 108 valence electrons. The first-order valence-corrected chi connectivity index (χ1v) is 6.78. The van der Waals surface area contributed by atoms with Crippen LogP contribution >= 0.6 is 0 Å². The summed E-state index contributed by atoms with van der Waals surface area (Å²) in [5, 5.41) is 7.31. The third-order valence-corrected chi connectivity index (χ3v) is 2.85. The van der Waals surface area contributed by atoms with Crippen molar-refractivity contribution in [1.82, 2.24) is 15.1 Å². The number of nitrogens with zero attached hydrogens (tertiary/aromatic N) is 2. The Morgan fingerprint density at radius 3 is 2.85 bits per heavy atom. The molecule has 0 unspecified atom stereocenters. The van der Waals surface area contributed by atoms with Gasteiger partial charge in [-0.3, -0.25) is 4.68 Å². The van der Waals surface area contributed by atoms with Crippen molar-refractivity contribution in [3.8, 4) is 5.75 Å². The average Bonchev–Trinajstić information content (AvgIpc) is 2.82. The van der Waals surface area contributed by atoms with Crippen LogP contribution in [0.25, 0.3) is 0 Å². The maximum absolute atomic E-state index is 13.5. The molecule has 0 radical (unpaired) electrons. The second-order valence-corrected chi connectivity index (χ2v) is 4.78. The lowest BCUT2D eigenvalue weighted by Crippen LogP contribution is -2.14. The number of hydrogen-bond acceptors (Lipinski definition) is 3. The fourth-order valence-corrected chi connectivity index (χ4v) is 1.93. The minimum Gasteiger partial charge on any atom is -0.489 e. The highest BCUT2D eigenvalue weighted by molar-refractivity contribution is 5.29. The summed E-state index contributed by atoms with van der Waals surface area (Å²) in [7, 11) is 1.85. The summed E-state index contributed by atoms with van der Waals surface area (Å²) in [6.07, 6.45) is 4.67. The second-order valence-electron chi connectivity index (χ2n) is 4.78. The van der Waals surface area contributed by atoms with Gasteiger partial charge in [-0.1, -0.05) is 6.92 Å². The van der Waals surface area contributed by atoms with E-state index < -0.39 is 0 Å². The van der Waals surface area contributed by atoms with Gasteiger partial charge in [0.2, 0.25) is 0 Å². The Kier molecular flexibility index (Phi) is 5.12. The molecule has 20 heavy (non-hydrogen) atoms. The molecule has 0 fully saturated rings. The highest BCUT2D eigenvalue weighted by Crippen LogP contribution is 2.17. The van der Waals surface area contributed by atoms with Crippen LogP contribution in [-0.2, 0) is 20.2 Å². The van der Waals surface area contributed by atoms with Crippen molar-refractivity contribution >= 4 is 0 Å². The minimum absolute atomic E-state index is 0.276. The van der Waals surface area contributed by atoms with E-state index in [2.05, 4.69) is 17.3 Å². The van der Waals surface area contributed by atoms with E-state index >= 15 is 0 Å². The van der Waals surface area contributed by atoms with E-state index in [9.17, 15) is 4.39 Å². The smallest absolute Gasteiger partial charge is 0.127 e. The largest absolute Gasteiger partial charge is 0.489 e. The molecule has 0 aliphatic heterocycles. The van der Waals surface area contributed by atoms with Crippen molar-refractivity contribution in [3.05, 3.63) is 47.5 Å². The number of rotatable bonds is 7. The fourth-order valence-electron chi connectivity index (χ4n) is 1.93. The van der Waals surface area contributed by atoms with Gasteiger partial charge in [-0.2, -0.15) is 5.10 Å². The van der Waals surface area contributed by atoms with Crippen LogP contribution in [-0.4, -0.2) is 16.3 Å². The molecule has 0 spiro atoms. The highest BCUT2D eigenvalue weighted by Gasteiger charge is 2.03. The van der Waals surface area contributed by atoms with Crippen LogP contribution < -0.4 is 10.1 Å². The molecule has 0 amide bonds. The topological polar surface area (TPSA) is 39.1 Å². The lowest BCUT2D eigenvalue weighted by molar-refractivity contribution is 0.304.